The van der Waals surface area contributed by atoms with E-state index in [0.29, 0.717) is 5.82 Å². The summed E-state index contributed by atoms with van der Waals surface area (Å²) in [5.74, 6) is -0.0238. The third-order valence-corrected chi connectivity index (χ3v) is 4.12. The van der Waals surface area contributed by atoms with Gasteiger partial charge in [-0.1, -0.05) is 48.5 Å². The van der Waals surface area contributed by atoms with Crippen LogP contribution in [0.2, 0.25) is 0 Å². The Bertz CT molecular complexity index is 1000. The fourth-order valence-electron chi connectivity index (χ4n) is 2.98. The summed E-state index contributed by atoms with van der Waals surface area (Å²) in [6, 6.07) is 18.8. The monoisotopic (exact) mass is 391 g/mol. The third-order valence-electron chi connectivity index (χ3n) is 4.12. The molecule has 3 aromatic rings. The second-order valence-corrected chi connectivity index (χ2v) is 7.74. The molecule has 0 saturated carbocycles. The number of anilines is 1. The van der Waals surface area contributed by atoms with Crippen molar-refractivity contribution in [2.45, 2.75) is 39.7 Å². The molecule has 2 aromatic carbocycles. The number of amides is 1. The lowest BCUT2D eigenvalue weighted by molar-refractivity contribution is -0.115. The van der Waals surface area contributed by atoms with E-state index in [1.807, 2.05) is 60.7 Å². The first-order valence-electron chi connectivity index (χ1n) is 9.46. The summed E-state index contributed by atoms with van der Waals surface area (Å²) < 4.78 is 7.29. The van der Waals surface area contributed by atoms with Gasteiger partial charge in [-0.2, -0.15) is 0 Å². The first-order chi connectivity index (χ1) is 13.7. The molecule has 0 aliphatic rings. The summed E-state index contributed by atoms with van der Waals surface area (Å²) in [4.78, 5) is 30.0. The van der Waals surface area contributed by atoms with Gasteiger partial charge in [0.15, 0.2) is 11.5 Å². The molecule has 0 aliphatic heterocycles. The lowest BCUT2D eigenvalue weighted by Crippen LogP contribution is -2.26. The summed E-state index contributed by atoms with van der Waals surface area (Å²) in [6.45, 7) is 7.19. The number of ether oxygens (including phenoxy) is 1. The molecule has 0 spiro atoms. The summed E-state index contributed by atoms with van der Waals surface area (Å²) in [5.41, 5.74) is 1.16. The van der Waals surface area contributed by atoms with Crippen molar-refractivity contribution in [2.75, 3.05) is 5.32 Å². The minimum atomic E-state index is -0.678. The van der Waals surface area contributed by atoms with Crippen LogP contribution in [-0.4, -0.2) is 27.0 Å². The number of nitrogens with one attached hydrogen (secondary N) is 1. The molecule has 0 bridgehead atoms. The zero-order valence-corrected chi connectivity index (χ0v) is 17.1. The largest absolute Gasteiger partial charge is 0.455 e. The molecule has 6 heteroatoms. The molecule has 29 heavy (non-hydrogen) atoms. The van der Waals surface area contributed by atoms with Gasteiger partial charge >= 0.3 is 5.97 Å². The zero-order chi connectivity index (χ0) is 21.0. The first kappa shape index (κ1) is 20.3. The SMILES string of the molecule is Cc1nc(NC(=O)Cc2ccccc2)c(C(=O)OC(C)(C)C)n1-c1ccccc1. The van der Waals surface area contributed by atoms with Crippen molar-refractivity contribution >= 4 is 17.7 Å². The van der Waals surface area contributed by atoms with Gasteiger partial charge in [0.25, 0.3) is 0 Å². The maximum atomic E-state index is 13.0. The first-order valence-corrected chi connectivity index (χ1v) is 9.46. The number of rotatable bonds is 5. The Morgan fingerprint density at radius 3 is 2.17 bits per heavy atom. The van der Waals surface area contributed by atoms with Crippen molar-refractivity contribution in [3.8, 4) is 5.69 Å². The number of aryl methyl sites for hydroxylation is 1. The predicted molar refractivity (Wildman–Crippen MR) is 112 cm³/mol. The highest BCUT2D eigenvalue weighted by molar-refractivity contribution is 6.00. The summed E-state index contributed by atoms with van der Waals surface area (Å²) in [5, 5.41) is 2.78. The molecular formula is C23H25N3O3. The van der Waals surface area contributed by atoms with Gasteiger partial charge in [0.2, 0.25) is 5.91 Å². The van der Waals surface area contributed by atoms with Crippen molar-refractivity contribution < 1.29 is 14.3 Å². The van der Waals surface area contributed by atoms with E-state index in [1.54, 1.807) is 32.3 Å². The van der Waals surface area contributed by atoms with Crippen molar-refractivity contribution in [1.82, 2.24) is 9.55 Å². The average Bonchev–Trinajstić information content (AvgIpc) is 2.97. The maximum Gasteiger partial charge on any atom is 0.359 e. The molecule has 6 nitrogen and oxygen atoms in total. The Morgan fingerprint density at radius 2 is 1.59 bits per heavy atom. The molecule has 0 aliphatic carbocycles. The number of carbonyl (C=O) groups is 2. The van der Waals surface area contributed by atoms with Crippen LogP contribution in [0.5, 0.6) is 0 Å². The third kappa shape index (κ3) is 5.10. The van der Waals surface area contributed by atoms with Crippen molar-refractivity contribution in [3.05, 3.63) is 77.7 Å². The number of hydrogen-bond acceptors (Lipinski definition) is 4. The number of aromatic nitrogens is 2. The van der Waals surface area contributed by atoms with Crippen molar-refractivity contribution in [3.63, 3.8) is 0 Å². The van der Waals surface area contributed by atoms with Crippen LogP contribution in [-0.2, 0) is 16.0 Å². The molecule has 0 fully saturated rings. The van der Waals surface area contributed by atoms with E-state index in [-0.39, 0.29) is 23.8 Å². The van der Waals surface area contributed by atoms with Gasteiger partial charge in [0, 0.05) is 5.69 Å². The van der Waals surface area contributed by atoms with Gasteiger partial charge in [-0.05, 0) is 45.4 Å². The standard InChI is InChI=1S/C23H25N3O3/c1-16-24-21(25-19(27)15-17-11-7-5-8-12-17)20(22(28)29-23(2,3)4)26(16)18-13-9-6-10-14-18/h5-14H,15H2,1-4H3,(H,25,27). The van der Waals surface area contributed by atoms with Gasteiger partial charge in [0.1, 0.15) is 11.4 Å². The summed E-state index contributed by atoms with van der Waals surface area (Å²) >= 11 is 0. The predicted octanol–water partition coefficient (Wildman–Crippen LogP) is 4.32. The van der Waals surface area contributed by atoms with Crippen LogP contribution in [0.3, 0.4) is 0 Å². The van der Waals surface area contributed by atoms with E-state index in [1.165, 1.54) is 0 Å². The molecule has 150 valence electrons. The lowest BCUT2D eigenvalue weighted by atomic mass is 10.1. The highest BCUT2D eigenvalue weighted by Gasteiger charge is 2.28. The van der Waals surface area contributed by atoms with E-state index in [9.17, 15) is 9.59 Å². The van der Waals surface area contributed by atoms with E-state index in [4.69, 9.17) is 4.74 Å². The number of para-hydroxylation sites is 1. The van der Waals surface area contributed by atoms with Crippen LogP contribution in [0.4, 0.5) is 5.82 Å². The van der Waals surface area contributed by atoms with Crippen LogP contribution in [0, 0.1) is 6.92 Å². The van der Waals surface area contributed by atoms with E-state index in [2.05, 4.69) is 10.3 Å². The molecule has 1 N–H and O–H groups in total. The quantitative estimate of drug-likeness (QED) is 0.658. The number of nitrogens with zero attached hydrogens (tertiary/aromatic N) is 2. The van der Waals surface area contributed by atoms with E-state index in [0.717, 1.165) is 11.3 Å². The summed E-state index contributed by atoms with van der Waals surface area (Å²) in [7, 11) is 0. The van der Waals surface area contributed by atoms with Gasteiger partial charge in [-0.25, -0.2) is 9.78 Å². The van der Waals surface area contributed by atoms with Crippen molar-refractivity contribution in [1.29, 1.82) is 0 Å². The van der Waals surface area contributed by atoms with Crippen LogP contribution in [0.1, 0.15) is 42.6 Å². The average molecular weight is 391 g/mol. The number of esters is 1. The van der Waals surface area contributed by atoms with Gasteiger partial charge in [0.05, 0.1) is 6.42 Å². The van der Waals surface area contributed by atoms with E-state index >= 15 is 0 Å². The van der Waals surface area contributed by atoms with Crippen molar-refractivity contribution in [2.24, 2.45) is 0 Å². The molecule has 1 amide bonds. The minimum Gasteiger partial charge on any atom is -0.455 e. The Kier molecular flexibility index (Phi) is 5.82. The Hall–Kier alpha value is -3.41. The Balaban J connectivity index is 1.98. The highest BCUT2D eigenvalue weighted by atomic mass is 16.6. The Labute approximate surface area is 170 Å². The number of carbonyl (C=O) groups excluding carboxylic acids is 2. The molecule has 1 heterocycles. The molecule has 1 aromatic heterocycles. The normalized spacial score (nSPS) is 11.2. The fraction of sp³-hybridized carbons (Fsp3) is 0.261. The van der Waals surface area contributed by atoms with Gasteiger partial charge in [-0.15, -0.1) is 0 Å². The number of hydrogen-bond donors (Lipinski definition) is 1. The van der Waals surface area contributed by atoms with Crippen LogP contribution >= 0.6 is 0 Å². The lowest BCUT2D eigenvalue weighted by Gasteiger charge is -2.20. The van der Waals surface area contributed by atoms with Crippen LogP contribution in [0.15, 0.2) is 60.7 Å². The van der Waals surface area contributed by atoms with E-state index < -0.39 is 11.6 Å². The van der Waals surface area contributed by atoms with Crippen LogP contribution < -0.4 is 5.32 Å². The second-order valence-electron chi connectivity index (χ2n) is 7.74. The maximum absolute atomic E-state index is 13.0. The zero-order valence-electron chi connectivity index (χ0n) is 17.1. The fourth-order valence-corrected chi connectivity index (χ4v) is 2.98. The molecular weight excluding hydrogens is 366 g/mol. The molecule has 3 rings (SSSR count). The minimum absolute atomic E-state index is 0.186. The molecule has 0 atom stereocenters. The topological polar surface area (TPSA) is 73.2 Å². The summed E-state index contributed by atoms with van der Waals surface area (Å²) in [6.07, 6.45) is 0.186. The Morgan fingerprint density at radius 1 is 1.00 bits per heavy atom. The van der Waals surface area contributed by atoms with Crippen LogP contribution in [0.25, 0.3) is 5.69 Å². The number of benzene rings is 2. The molecule has 0 saturated heterocycles. The molecule has 0 unspecified atom stereocenters. The van der Waals surface area contributed by atoms with Gasteiger partial charge < -0.3 is 10.1 Å². The van der Waals surface area contributed by atoms with Gasteiger partial charge in [-0.3, -0.25) is 9.36 Å². The second kappa shape index (κ2) is 8.31. The number of imidazole rings is 1. The highest BCUT2D eigenvalue weighted by Crippen LogP contribution is 2.25. The molecule has 0 radical (unpaired) electrons. The smallest absolute Gasteiger partial charge is 0.359 e.